The van der Waals surface area contributed by atoms with E-state index in [9.17, 15) is 13.6 Å². The summed E-state index contributed by atoms with van der Waals surface area (Å²) < 4.78 is 34.3. The third-order valence-corrected chi connectivity index (χ3v) is 3.40. The van der Waals surface area contributed by atoms with E-state index >= 15 is 0 Å². The van der Waals surface area contributed by atoms with Crippen LogP contribution in [0.5, 0.6) is 5.75 Å². The number of hydrogen-bond acceptors (Lipinski definition) is 3. The van der Waals surface area contributed by atoms with Gasteiger partial charge in [0.2, 0.25) is 0 Å². The van der Waals surface area contributed by atoms with E-state index in [0.29, 0.717) is 13.1 Å². The summed E-state index contributed by atoms with van der Waals surface area (Å²) in [5.74, 6) is -0.364. The van der Waals surface area contributed by atoms with E-state index in [1.54, 1.807) is 24.1 Å². The summed E-state index contributed by atoms with van der Waals surface area (Å²) >= 11 is 0. The normalized spacial score (nSPS) is 16.5. The molecule has 0 radical (unpaired) electrons. The van der Waals surface area contributed by atoms with Gasteiger partial charge < -0.3 is 14.4 Å². The number of methoxy groups -OCH3 is 1. The van der Waals surface area contributed by atoms with Crippen molar-refractivity contribution in [2.75, 3.05) is 20.2 Å². The summed E-state index contributed by atoms with van der Waals surface area (Å²) in [6.07, 6.45) is 1.66. The zero-order valence-electron chi connectivity index (χ0n) is 11.2. The van der Waals surface area contributed by atoms with Crippen molar-refractivity contribution in [3.8, 4) is 5.75 Å². The quantitative estimate of drug-likeness (QED) is 0.853. The molecule has 0 saturated carbocycles. The topological polar surface area (TPSA) is 38.8 Å². The molecule has 0 atom stereocenters. The molecule has 1 aromatic carbocycles. The second-order valence-corrected chi connectivity index (χ2v) is 4.60. The van der Waals surface area contributed by atoms with Gasteiger partial charge in [0.1, 0.15) is 5.75 Å². The van der Waals surface area contributed by atoms with E-state index in [1.165, 1.54) is 12.1 Å². The van der Waals surface area contributed by atoms with Crippen molar-refractivity contribution >= 4 is 5.91 Å². The van der Waals surface area contributed by atoms with Crippen LogP contribution in [0, 0.1) is 0 Å². The number of benzene rings is 1. The Bertz CT molecular complexity index is 459. The highest BCUT2D eigenvalue weighted by Crippen LogP contribution is 2.23. The molecular weight excluding hydrogens is 268 g/mol. The zero-order chi connectivity index (χ0) is 14.5. The standard InChI is InChI=1S/C14H17F2NO3/c1-19-10-6-8-17(9-7-10)13(18)11-4-2-3-5-12(11)20-14(15)16/h2-5,10,14H,6-9H2,1H3. The number of para-hydroxylation sites is 1. The molecular formula is C14H17F2NO3. The van der Waals surface area contributed by atoms with E-state index in [4.69, 9.17) is 4.74 Å². The second kappa shape index (κ2) is 6.65. The molecule has 1 aliphatic heterocycles. The molecule has 1 aliphatic rings. The van der Waals surface area contributed by atoms with Gasteiger partial charge in [-0.1, -0.05) is 12.1 Å². The largest absolute Gasteiger partial charge is 0.434 e. The predicted molar refractivity (Wildman–Crippen MR) is 69.0 cm³/mol. The number of ether oxygens (including phenoxy) is 2. The molecule has 1 heterocycles. The van der Waals surface area contributed by atoms with Crippen LogP contribution in [-0.2, 0) is 4.74 Å². The van der Waals surface area contributed by atoms with Crippen molar-refractivity contribution < 1.29 is 23.0 Å². The fourth-order valence-corrected chi connectivity index (χ4v) is 2.31. The summed E-state index contributed by atoms with van der Waals surface area (Å²) in [6.45, 7) is -1.83. The van der Waals surface area contributed by atoms with Crippen LogP contribution < -0.4 is 4.74 Å². The second-order valence-electron chi connectivity index (χ2n) is 4.60. The van der Waals surface area contributed by atoms with E-state index in [1.807, 2.05) is 0 Å². The molecule has 0 aliphatic carbocycles. The van der Waals surface area contributed by atoms with Crippen LogP contribution in [0.25, 0.3) is 0 Å². The van der Waals surface area contributed by atoms with Gasteiger partial charge >= 0.3 is 6.61 Å². The number of carbonyl (C=O) groups is 1. The molecule has 4 nitrogen and oxygen atoms in total. The fourth-order valence-electron chi connectivity index (χ4n) is 2.31. The molecule has 1 amide bonds. The molecule has 2 rings (SSSR count). The average Bonchev–Trinajstić information content (AvgIpc) is 2.46. The number of carbonyl (C=O) groups excluding carboxylic acids is 1. The molecule has 0 bridgehead atoms. The third-order valence-electron chi connectivity index (χ3n) is 3.40. The Labute approximate surface area is 116 Å². The third kappa shape index (κ3) is 3.45. The lowest BCUT2D eigenvalue weighted by molar-refractivity contribution is -0.0503. The lowest BCUT2D eigenvalue weighted by Gasteiger charge is -2.31. The summed E-state index contributed by atoms with van der Waals surface area (Å²) in [5.41, 5.74) is 0.170. The summed E-state index contributed by atoms with van der Waals surface area (Å²) in [6, 6.07) is 6.07. The maximum absolute atomic E-state index is 12.4. The van der Waals surface area contributed by atoms with Gasteiger partial charge in [-0.15, -0.1) is 0 Å². The van der Waals surface area contributed by atoms with Gasteiger partial charge in [0.05, 0.1) is 11.7 Å². The Morgan fingerprint density at radius 2 is 1.95 bits per heavy atom. The first-order valence-corrected chi connectivity index (χ1v) is 6.47. The highest BCUT2D eigenvalue weighted by atomic mass is 19.3. The van der Waals surface area contributed by atoms with Crippen LogP contribution in [0.3, 0.4) is 0 Å². The number of piperidine rings is 1. The SMILES string of the molecule is COC1CCN(C(=O)c2ccccc2OC(F)F)CC1. The molecule has 6 heteroatoms. The molecule has 0 unspecified atom stereocenters. The van der Waals surface area contributed by atoms with Gasteiger partial charge in [0.25, 0.3) is 5.91 Å². The molecule has 0 spiro atoms. The Kier molecular flexibility index (Phi) is 4.89. The number of halogens is 2. The number of nitrogens with zero attached hydrogens (tertiary/aromatic N) is 1. The Hall–Kier alpha value is -1.69. The van der Waals surface area contributed by atoms with Gasteiger partial charge in [0, 0.05) is 20.2 Å². The van der Waals surface area contributed by atoms with Crippen molar-refractivity contribution in [1.29, 1.82) is 0 Å². The van der Waals surface area contributed by atoms with E-state index in [0.717, 1.165) is 12.8 Å². The highest BCUT2D eigenvalue weighted by molar-refractivity contribution is 5.97. The maximum Gasteiger partial charge on any atom is 0.387 e. The summed E-state index contributed by atoms with van der Waals surface area (Å²) in [4.78, 5) is 14.0. The molecule has 1 aromatic rings. The van der Waals surface area contributed by atoms with Crippen LogP contribution in [0.4, 0.5) is 8.78 Å². The Morgan fingerprint density at radius 3 is 2.55 bits per heavy atom. The lowest BCUT2D eigenvalue weighted by Crippen LogP contribution is -2.40. The summed E-state index contributed by atoms with van der Waals surface area (Å²) in [7, 11) is 1.65. The summed E-state index contributed by atoms with van der Waals surface area (Å²) in [5, 5.41) is 0. The molecule has 1 fully saturated rings. The minimum Gasteiger partial charge on any atom is -0.434 e. The first-order valence-electron chi connectivity index (χ1n) is 6.47. The van der Waals surface area contributed by atoms with Crippen LogP contribution in [0.1, 0.15) is 23.2 Å². The van der Waals surface area contributed by atoms with Gasteiger partial charge in [0.15, 0.2) is 0 Å². The fraction of sp³-hybridized carbons (Fsp3) is 0.500. The first kappa shape index (κ1) is 14.7. The van der Waals surface area contributed by atoms with Crippen molar-refractivity contribution in [2.24, 2.45) is 0 Å². The van der Waals surface area contributed by atoms with E-state index in [-0.39, 0.29) is 23.3 Å². The monoisotopic (exact) mass is 285 g/mol. The number of hydrogen-bond donors (Lipinski definition) is 0. The average molecular weight is 285 g/mol. The van der Waals surface area contributed by atoms with Crippen molar-refractivity contribution in [3.05, 3.63) is 29.8 Å². The number of likely N-dealkylation sites (tertiary alicyclic amines) is 1. The van der Waals surface area contributed by atoms with E-state index in [2.05, 4.69) is 4.74 Å². The maximum atomic E-state index is 12.4. The molecule has 0 aromatic heterocycles. The Morgan fingerprint density at radius 1 is 1.30 bits per heavy atom. The molecule has 1 saturated heterocycles. The van der Waals surface area contributed by atoms with Gasteiger partial charge in [-0.25, -0.2) is 0 Å². The van der Waals surface area contributed by atoms with E-state index < -0.39 is 6.61 Å². The van der Waals surface area contributed by atoms with Crippen molar-refractivity contribution in [3.63, 3.8) is 0 Å². The molecule has 0 N–H and O–H groups in total. The molecule has 20 heavy (non-hydrogen) atoms. The van der Waals surface area contributed by atoms with Crippen LogP contribution in [0.2, 0.25) is 0 Å². The lowest BCUT2D eigenvalue weighted by atomic mass is 10.1. The smallest absolute Gasteiger partial charge is 0.387 e. The van der Waals surface area contributed by atoms with Crippen LogP contribution in [0.15, 0.2) is 24.3 Å². The highest BCUT2D eigenvalue weighted by Gasteiger charge is 2.25. The minimum atomic E-state index is -2.94. The zero-order valence-corrected chi connectivity index (χ0v) is 11.2. The Balaban J connectivity index is 2.09. The van der Waals surface area contributed by atoms with Crippen molar-refractivity contribution in [1.82, 2.24) is 4.90 Å². The number of rotatable bonds is 4. The first-order chi connectivity index (χ1) is 9.61. The van der Waals surface area contributed by atoms with Crippen molar-refractivity contribution in [2.45, 2.75) is 25.6 Å². The number of alkyl halides is 2. The van der Waals surface area contributed by atoms with Gasteiger partial charge in [-0.3, -0.25) is 4.79 Å². The number of amides is 1. The van der Waals surface area contributed by atoms with Crippen LogP contribution >= 0.6 is 0 Å². The minimum absolute atomic E-state index is 0.0821. The predicted octanol–water partition coefficient (Wildman–Crippen LogP) is 2.54. The van der Waals surface area contributed by atoms with Crippen LogP contribution in [-0.4, -0.2) is 43.7 Å². The molecule has 110 valence electrons. The van der Waals surface area contributed by atoms with Gasteiger partial charge in [-0.2, -0.15) is 8.78 Å². The van der Waals surface area contributed by atoms with Gasteiger partial charge in [-0.05, 0) is 25.0 Å².